The van der Waals surface area contributed by atoms with Gasteiger partial charge < -0.3 is 68.5 Å². The first-order valence-electron chi connectivity index (χ1n) is 16.8. The Morgan fingerprint density at radius 1 is 0.885 bits per heavy atom. The van der Waals surface area contributed by atoms with Crippen molar-refractivity contribution in [2.75, 3.05) is 32.8 Å². The van der Waals surface area contributed by atoms with E-state index in [0.29, 0.717) is 31.4 Å². The number of benzene rings is 1. The summed E-state index contributed by atoms with van der Waals surface area (Å²) in [6, 6.07) is -2.71. The molecule has 1 heterocycles. The van der Waals surface area contributed by atoms with Gasteiger partial charge in [0.1, 0.15) is 42.0 Å². The van der Waals surface area contributed by atoms with E-state index in [1.54, 1.807) is 0 Å². The Balaban J connectivity index is 2.10. The highest BCUT2D eigenvalue weighted by molar-refractivity contribution is 5.97. The molecule has 20 nitrogen and oxygen atoms in total. The molecule has 20 heteroatoms. The van der Waals surface area contributed by atoms with Crippen LogP contribution >= 0.6 is 0 Å². The van der Waals surface area contributed by atoms with Gasteiger partial charge >= 0.3 is 5.97 Å². The maximum Gasteiger partial charge on any atom is 0.326 e. The van der Waals surface area contributed by atoms with Crippen molar-refractivity contribution in [1.29, 1.82) is 0 Å². The summed E-state index contributed by atoms with van der Waals surface area (Å²) >= 11 is 0. The first-order valence-corrected chi connectivity index (χ1v) is 16.8. The first kappa shape index (κ1) is 43.3. The molecule has 6 amide bonds. The van der Waals surface area contributed by atoms with Gasteiger partial charge in [-0.2, -0.15) is 0 Å². The third kappa shape index (κ3) is 13.3. The van der Waals surface area contributed by atoms with E-state index in [1.165, 1.54) is 31.2 Å². The number of carboxylic acids is 1. The summed E-state index contributed by atoms with van der Waals surface area (Å²) in [5, 5.41) is 60.3. The van der Waals surface area contributed by atoms with Gasteiger partial charge in [0.2, 0.25) is 35.4 Å². The van der Waals surface area contributed by atoms with Crippen molar-refractivity contribution in [3.8, 4) is 5.75 Å². The molecule has 2 rings (SSSR count). The standard InChI is InChI=1S/C32H50N8O12/c1-17(43)26(31(50)40-12-4-6-24(40)30(49)35-14-25(45)36-21(32(51)52)5-2-3-11-33)39-29(48)23(16-42)38-28(47)22(37-27(46)20(34)15-41)13-18-7-9-19(44)10-8-18/h7-10,17,20-24,26,41-44H,2-6,11-16,33-34H2,1H3,(H,35,49)(H,36,45)(H,37,46)(H,38,47)(H,39,48)(H,51,52)/t17-,20+,21+,22+,23+,24+,26+/m1/s1. The van der Waals surface area contributed by atoms with Crippen molar-refractivity contribution in [2.24, 2.45) is 11.5 Å². The van der Waals surface area contributed by atoms with E-state index < -0.39 is 104 Å². The number of aromatic hydroxyl groups is 1. The summed E-state index contributed by atoms with van der Waals surface area (Å²) in [4.78, 5) is 90.5. The van der Waals surface area contributed by atoms with Crippen molar-refractivity contribution >= 4 is 41.4 Å². The van der Waals surface area contributed by atoms with Crippen molar-refractivity contribution < 1.29 is 59.1 Å². The summed E-state index contributed by atoms with van der Waals surface area (Å²) in [5.74, 6) is -6.60. The van der Waals surface area contributed by atoms with E-state index in [1.807, 2.05) is 0 Å². The quantitative estimate of drug-likeness (QED) is 0.0525. The van der Waals surface area contributed by atoms with E-state index in [4.69, 9.17) is 11.5 Å². The van der Waals surface area contributed by atoms with E-state index in [9.17, 15) is 59.1 Å². The fraction of sp³-hybridized carbons (Fsp3) is 0.594. The molecule has 1 aliphatic heterocycles. The Morgan fingerprint density at radius 3 is 2.10 bits per heavy atom. The number of nitrogens with two attached hydrogens (primary N) is 2. The lowest BCUT2D eigenvalue weighted by Gasteiger charge is -2.31. The number of phenolic OH excluding ortho intramolecular Hbond substituents is 1. The molecule has 7 atom stereocenters. The topological polar surface area (TPSA) is 336 Å². The number of rotatable bonds is 21. The van der Waals surface area contributed by atoms with Crippen molar-refractivity contribution in [3.63, 3.8) is 0 Å². The van der Waals surface area contributed by atoms with Gasteiger partial charge in [-0.1, -0.05) is 12.1 Å². The minimum atomic E-state index is -1.69. The maximum atomic E-state index is 13.6. The number of carbonyl (C=O) groups is 7. The van der Waals surface area contributed by atoms with Gasteiger partial charge in [-0.25, -0.2) is 4.79 Å². The van der Waals surface area contributed by atoms with Crippen molar-refractivity contribution in [1.82, 2.24) is 31.5 Å². The third-order valence-corrected chi connectivity index (χ3v) is 8.25. The Bertz CT molecular complexity index is 1400. The normalized spacial score (nSPS) is 17.4. The molecule has 1 fully saturated rings. The number of nitrogens with zero attached hydrogens (tertiary/aromatic N) is 1. The molecule has 0 radical (unpaired) electrons. The Kier molecular flexibility index (Phi) is 17.9. The molecular formula is C32H50N8O12. The zero-order valence-corrected chi connectivity index (χ0v) is 28.8. The number of aliphatic hydroxyl groups is 3. The summed E-state index contributed by atoms with van der Waals surface area (Å²) < 4.78 is 0. The Morgan fingerprint density at radius 2 is 1.52 bits per heavy atom. The van der Waals surface area contributed by atoms with Crippen LogP contribution in [0.15, 0.2) is 24.3 Å². The highest BCUT2D eigenvalue weighted by Gasteiger charge is 2.40. The van der Waals surface area contributed by atoms with Crippen LogP contribution in [-0.4, -0.2) is 147 Å². The van der Waals surface area contributed by atoms with Crippen LogP contribution in [0.4, 0.5) is 0 Å². The number of amides is 6. The van der Waals surface area contributed by atoms with Gasteiger partial charge in [-0.3, -0.25) is 28.8 Å². The van der Waals surface area contributed by atoms with Crippen LogP contribution in [0.25, 0.3) is 0 Å². The summed E-state index contributed by atoms with van der Waals surface area (Å²) in [6.45, 7) is -0.663. The maximum absolute atomic E-state index is 13.6. The average molecular weight is 739 g/mol. The predicted molar refractivity (Wildman–Crippen MR) is 182 cm³/mol. The number of aliphatic carboxylic acids is 1. The number of phenols is 1. The zero-order valence-electron chi connectivity index (χ0n) is 28.8. The lowest BCUT2D eigenvalue weighted by Crippen LogP contribution is -2.62. The number of hydrogen-bond donors (Lipinski definition) is 12. The lowest BCUT2D eigenvalue weighted by atomic mass is 10.0. The minimum Gasteiger partial charge on any atom is -0.508 e. The second kappa shape index (κ2) is 21.5. The van der Waals surface area contributed by atoms with Crippen molar-refractivity contribution in [3.05, 3.63) is 29.8 Å². The Labute approximate surface area is 299 Å². The molecule has 1 aromatic carbocycles. The molecule has 14 N–H and O–H groups in total. The number of likely N-dealkylation sites (tertiary alicyclic amines) is 1. The minimum absolute atomic E-state index is 0.0548. The molecule has 0 aromatic heterocycles. The fourth-order valence-corrected chi connectivity index (χ4v) is 5.31. The van der Waals surface area contributed by atoms with Crippen molar-refractivity contribution in [2.45, 2.75) is 87.8 Å². The summed E-state index contributed by atoms with van der Waals surface area (Å²) in [7, 11) is 0. The van der Waals surface area contributed by atoms with Gasteiger partial charge in [0.15, 0.2) is 0 Å². The number of unbranched alkanes of at least 4 members (excludes halogenated alkanes) is 1. The molecule has 0 saturated carbocycles. The highest BCUT2D eigenvalue weighted by Crippen LogP contribution is 2.20. The fourth-order valence-electron chi connectivity index (χ4n) is 5.31. The second-order valence-corrected chi connectivity index (χ2v) is 12.3. The predicted octanol–water partition coefficient (Wildman–Crippen LogP) is -5.11. The number of nitrogens with one attached hydrogen (secondary N) is 5. The largest absolute Gasteiger partial charge is 0.508 e. The molecule has 0 unspecified atom stereocenters. The number of carboxylic acid groups (broad SMARTS) is 1. The lowest BCUT2D eigenvalue weighted by molar-refractivity contribution is -0.144. The van der Waals surface area contributed by atoms with Crippen LogP contribution in [-0.2, 0) is 40.0 Å². The van der Waals surface area contributed by atoms with E-state index in [2.05, 4.69) is 26.6 Å². The molecule has 1 saturated heterocycles. The first-order chi connectivity index (χ1) is 24.6. The van der Waals surface area contributed by atoms with Gasteiger partial charge in [-0.15, -0.1) is 0 Å². The van der Waals surface area contributed by atoms with Gasteiger partial charge in [0, 0.05) is 13.0 Å². The SMILES string of the molecule is C[C@@H](O)[C@H](NC(=O)[C@H](CO)NC(=O)[C@H](Cc1ccc(O)cc1)NC(=O)[C@@H](N)CO)C(=O)N1CCC[C@H]1C(=O)NCC(=O)N[C@@H](CCCCN)C(=O)O. The molecule has 0 bridgehead atoms. The van der Waals surface area contributed by atoms with Crippen LogP contribution in [0.3, 0.4) is 0 Å². The molecular weight excluding hydrogens is 688 g/mol. The zero-order chi connectivity index (χ0) is 39.0. The monoisotopic (exact) mass is 738 g/mol. The second-order valence-electron chi connectivity index (χ2n) is 12.3. The van der Waals surface area contributed by atoms with Crippen LogP contribution in [0.5, 0.6) is 5.75 Å². The van der Waals surface area contributed by atoms with Gasteiger partial charge in [-0.05, 0) is 63.3 Å². The van der Waals surface area contributed by atoms with Gasteiger partial charge in [0.05, 0.1) is 25.9 Å². The average Bonchev–Trinajstić information content (AvgIpc) is 3.61. The van der Waals surface area contributed by atoms with Crippen LogP contribution in [0, 0.1) is 0 Å². The molecule has 1 aromatic rings. The van der Waals surface area contributed by atoms with Gasteiger partial charge in [0.25, 0.3) is 0 Å². The van der Waals surface area contributed by atoms with Crippen LogP contribution < -0.4 is 38.1 Å². The number of hydrogen-bond acceptors (Lipinski definition) is 13. The summed E-state index contributed by atoms with van der Waals surface area (Å²) in [6.07, 6.45) is 0.0406. The molecule has 290 valence electrons. The van der Waals surface area contributed by atoms with Crippen LogP contribution in [0.1, 0.15) is 44.6 Å². The van der Waals surface area contributed by atoms with Crippen LogP contribution in [0.2, 0.25) is 0 Å². The molecule has 0 aliphatic carbocycles. The highest BCUT2D eigenvalue weighted by atomic mass is 16.4. The smallest absolute Gasteiger partial charge is 0.326 e. The number of carbonyl (C=O) groups excluding carboxylic acids is 6. The number of aliphatic hydroxyl groups excluding tert-OH is 3. The summed E-state index contributed by atoms with van der Waals surface area (Å²) in [5.41, 5.74) is 11.5. The Hall–Kier alpha value is -4.89. The third-order valence-electron chi connectivity index (χ3n) is 8.25. The van der Waals surface area contributed by atoms with E-state index in [-0.39, 0.29) is 31.6 Å². The molecule has 52 heavy (non-hydrogen) atoms. The van der Waals surface area contributed by atoms with E-state index in [0.717, 1.165) is 4.90 Å². The molecule has 1 aliphatic rings. The van der Waals surface area contributed by atoms with E-state index >= 15 is 0 Å². The molecule has 0 spiro atoms.